The molecule has 0 spiro atoms. The van der Waals surface area contributed by atoms with Crippen LogP contribution >= 0.6 is 0 Å². The summed E-state index contributed by atoms with van der Waals surface area (Å²) in [7, 11) is -2.09. The summed E-state index contributed by atoms with van der Waals surface area (Å²) in [5.41, 5.74) is 0.487. The molecule has 5 nitrogen and oxygen atoms in total. The molecule has 0 amide bonds. The van der Waals surface area contributed by atoms with Crippen molar-refractivity contribution in [2.75, 3.05) is 20.0 Å². The van der Waals surface area contributed by atoms with E-state index in [1.54, 1.807) is 0 Å². The van der Waals surface area contributed by atoms with E-state index >= 15 is 0 Å². The summed E-state index contributed by atoms with van der Waals surface area (Å²) < 4.78 is 29.0. The summed E-state index contributed by atoms with van der Waals surface area (Å²) >= 11 is 0. The number of sulfone groups is 1. The molecule has 1 N–H and O–H groups in total. The Morgan fingerprint density at radius 1 is 1.33 bits per heavy atom. The first kappa shape index (κ1) is 16.0. The summed E-state index contributed by atoms with van der Waals surface area (Å²) in [4.78, 5) is 11.7. The smallest absolute Gasteiger partial charge is 0.314 e. The standard InChI is InChI=1S/C15H20O5S/c1-4-10-5-7-11(8-6-10)12-13(21(3,18)19)15(12,9-20-2)14(16)17/h5-8,12-13H,4,9H2,1-3H3,(H,16,17)/t12-,13+,15-/m1/s1. The highest BCUT2D eigenvalue weighted by molar-refractivity contribution is 7.91. The number of carboxylic acid groups (broad SMARTS) is 1. The first-order valence-electron chi connectivity index (χ1n) is 6.79. The molecule has 1 aliphatic carbocycles. The van der Waals surface area contributed by atoms with Crippen LogP contribution in [0.3, 0.4) is 0 Å². The Morgan fingerprint density at radius 3 is 2.29 bits per heavy atom. The molecule has 0 heterocycles. The molecule has 0 radical (unpaired) electrons. The molecule has 0 bridgehead atoms. The number of ether oxygens (including phenoxy) is 1. The van der Waals surface area contributed by atoms with E-state index < -0.39 is 32.4 Å². The molecule has 3 atom stereocenters. The van der Waals surface area contributed by atoms with Gasteiger partial charge < -0.3 is 9.84 Å². The summed E-state index contributed by atoms with van der Waals surface area (Å²) in [6.45, 7) is 1.91. The molecule has 6 heteroatoms. The Morgan fingerprint density at radius 2 is 1.90 bits per heavy atom. The lowest BCUT2D eigenvalue weighted by atomic mass is 9.99. The Labute approximate surface area is 124 Å². The predicted molar refractivity (Wildman–Crippen MR) is 79.1 cm³/mol. The van der Waals surface area contributed by atoms with Crippen molar-refractivity contribution < 1.29 is 23.1 Å². The molecule has 2 rings (SSSR count). The highest BCUT2D eigenvalue weighted by Gasteiger charge is 2.74. The van der Waals surface area contributed by atoms with Crippen molar-refractivity contribution in [3.63, 3.8) is 0 Å². The third-order valence-corrected chi connectivity index (χ3v) is 5.86. The Balaban J connectivity index is 2.46. The van der Waals surface area contributed by atoms with Crippen LogP contribution < -0.4 is 0 Å². The first-order chi connectivity index (χ1) is 9.79. The Bertz CT molecular complexity index is 635. The van der Waals surface area contributed by atoms with Gasteiger partial charge in [-0.05, 0) is 17.5 Å². The molecule has 0 unspecified atom stereocenters. The van der Waals surface area contributed by atoms with Gasteiger partial charge in [0, 0.05) is 19.3 Å². The molecular weight excluding hydrogens is 292 g/mol. The molecule has 1 fully saturated rings. The quantitative estimate of drug-likeness (QED) is 0.860. The third kappa shape index (κ3) is 2.58. The number of carboxylic acids is 1. The van der Waals surface area contributed by atoms with Crippen molar-refractivity contribution >= 4 is 15.8 Å². The lowest BCUT2D eigenvalue weighted by Crippen LogP contribution is -2.28. The Kier molecular flexibility index (Phi) is 4.13. The average molecular weight is 312 g/mol. The minimum absolute atomic E-state index is 0.111. The van der Waals surface area contributed by atoms with E-state index in [1.165, 1.54) is 7.11 Å². The van der Waals surface area contributed by atoms with E-state index in [1.807, 2.05) is 31.2 Å². The van der Waals surface area contributed by atoms with Gasteiger partial charge in [0.1, 0.15) is 5.41 Å². The largest absolute Gasteiger partial charge is 0.481 e. The van der Waals surface area contributed by atoms with Gasteiger partial charge in [-0.15, -0.1) is 0 Å². The highest BCUT2D eigenvalue weighted by atomic mass is 32.2. The normalized spacial score (nSPS) is 28.3. The maximum absolute atomic E-state index is 12.0. The van der Waals surface area contributed by atoms with Crippen molar-refractivity contribution in [2.45, 2.75) is 24.5 Å². The van der Waals surface area contributed by atoms with E-state index in [2.05, 4.69) is 0 Å². The molecule has 1 aromatic rings. The highest BCUT2D eigenvalue weighted by Crippen LogP contribution is 2.63. The molecule has 1 aromatic carbocycles. The van der Waals surface area contributed by atoms with E-state index in [-0.39, 0.29) is 6.61 Å². The van der Waals surface area contributed by atoms with Gasteiger partial charge in [0.15, 0.2) is 9.84 Å². The number of rotatable bonds is 6. The maximum atomic E-state index is 12.0. The summed E-state index contributed by atoms with van der Waals surface area (Å²) in [5, 5.41) is 8.62. The molecule has 0 aromatic heterocycles. The minimum atomic E-state index is -3.48. The number of carbonyl (C=O) groups is 1. The fourth-order valence-corrected chi connectivity index (χ4v) is 5.09. The minimum Gasteiger partial charge on any atom is -0.481 e. The predicted octanol–water partition coefficient (Wildman–Crippen LogP) is 1.48. The van der Waals surface area contributed by atoms with E-state index in [9.17, 15) is 18.3 Å². The van der Waals surface area contributed by atoms with Crippen LogP contribution in [0.2, 0.25) is 0 Å². The van der Waals surface area contributed by atoms with Crippen molar-refractivity contribution in [1.82, 2.24) is 0 Å². The first-order valence-corrected chi connectivity index (χ1v) is 8.74. The molecule has 116 valence electrons. The second-order valence-electron chi connectivity index (χ2n) is 5.60. The van der Waals surface area contributed by atoms with Crippen LogP contribution in [0.25, 0.3) is 0 Å². The number of methoxy groups -OCH3 is 1. The number of aliphatic carboxylic acids is 1. The van der Waals surface area contributed by atoms with Crippen LogP contribution in [-0.4, -0.2) is 44.7 Å². The zero-order chi connectivity index (χ0) is 15.8. The van der Waals surface area contributed by atoms with Crippen molar-refractivity contribution in [3.8, 4) is 0 Å². The van der Waals surface area contributed by atoms with Gasteiger partial charge in [-0.3, -0.25) is 4.79 Å². The van der Waals surface area contributed by atoms with Crippen LogP contribution in [0.4, 0.5) is 0 Å². The van der Waals surface area contributed by atoms with Crippen LogP contribution in [0.15, 0.2) is 24.3 Å². The number of aryl methyl sites for hydroxylation is 1. The van der Waals surface area contributed by atoms with Gasteiger partial charge in [0.05, 0.1) is 11.9 Å². The van der Waals surface area contributed by atoms with Crippen LogP contribution in [0.1, 0.15) is 24.0 Å². The van der Waals surface area contributed by atoms with Crippen molar-refractivity contribution in [2.24, 2.45) is 5.41 Å². The zero-order valence-electron chi connectivity index (χ0n) is 12.4. The summed E-state index contributed by atoms with van der Waals surface area (Å²) in [5.74, 6) is -1.68. The van der Waals surface area contributed by atoms with Gasteiger partial charge in [-0.2, -0.15) is 0 Å². The van der Waals surface area contributed by atoms with Gasteiger partial charge in [-0.1, -0.05) is 31.2 Å². The number of hydrogen-bond acceptors (Lipinski definition) is 4. The van der Waals surface area contributed by atoms with E-state index in [4.69, 9.17) is 4.74 Å². The number of hydrogen-bond donors (Lipinski definition) is 1. The molecule has 1 saturated carbocycles. The molecular formula is C15H20O5S. The lowest BCUT2D eigenvalue weighted by Gasteiger charge is -2.11. The maximum Gasteiger partial charge on any atom is 0.314 e. The average Bonchev–Trinajstić information content (AvgIpc) is 3.10. The van der Waals surface area contributed by atoms with Crippen LogP contribution in [-0.2, 0) is 25.8 Å². The second kappa shape index (κ2) is 5.42. The monoisotopic (exact) mass is 312 g/mol. The fourth-order valence-electron chi connectivity index (χ4n) is 3.19. The summed E-state index contributed by atoms with van der Waals surface area (Å²) in [6, 6.07) is 7.46. The molecule has 0 saturated heterocycles. The lowest BCUT2D eigenvalue weighted by molar-refractivity contribution is -0.145. The third-order valence-electron chi connectivity index (χ3n) is 4.25. The topological polar surface area (TPSA) is 80.7 Å². The molecule has 0 aliphatic heterocycles. The van der Waals surface area contributed by atoms with Gasteiger partial charge in [-0.25, -0.2) is 8.42 Å². The van der Waals surface area contributed by atoms with Crippen molar-refractivity contribution in [1.29, 1.82) is 0 Å². The summed E-state index contributed by atoms with van der Waals surface area (Å²) in [6.07, 6.45) is 1.97. The van der Waals surface area contributed by atoms with Crippen LogP contribution in [0.5, 0.6) is 0 Å². The zero-order valence-corrected chi connectivity index (χ0v) is 13.2. The van der Waals surface area contributed by atoms with Gasteiger partial charge in [0.2, 0.25) is 0 Å². The second-order valence-corrected chi connectivity index (χ2v) is 7.77. The van der Waals surface area contributed by atoms with E-state index in [0.29, 0.717) is 0 Å². The van der Waals surface area contributed by atoms with Crippen molar-refractivity contribution in [3.05, 3.63) is 35.4 Å². The van der Waals surface area contributed by atoms with Gasteiger partial charge >= 0.3 is 5.97 Å². The SMILES string of the molecule is CCc1ccc([C@@H]2[C@H](S(C)(=O)=O)[C@]2(COC)C(=O)O)cc1. The fraction of sp³-hybridized carbons (Fsp3) is 0.533. The Hall–Kier alpha value is -1.40. The molecule has 21 heavy (non-hydrogen) atoms. The molecule has 1 aliphatic rings. The van der Waals surface area contributed by atoms with Crippen LogP contribution in [0, 0.1) is 5.41 Å². The van der Waals surface area contributed by atoms with Gasteiger partial charge in [0.25, 0.3) is 0 Å². The number of benzene rings is 1. The van der Waals surface area contributed by atoms with E-state index in [0.717, 1.165) is 23.8 Å².